The van der Waals surface area contributed by atoms with E-state index < -0.39 is 5.97 Å². The monoisotopic (exact) mass is 276 g/mol. The lowest BCUT2D eigenvalue weighted by atomic mass is 10.2. The summed E-state index contributed by atoms with van der Waals surface area (Å²) >= 11 is 6.25. The van der Waals surface area contributed by atoms with Gasteiger partial charge in [-0.2, -0.15) is 5.10 Å². The number of rotatable bonds is 2. The number of aromatic carboxylic acids is 1. The van der Waals surface area contributed by atoms with E-state index in [1.165, 1.54) is 0 Å². The van der Waals surface area contributed by atoms with Crippen LogP contribution in [0.3, 0.4) is 0 Å². The van der Waals surface area contributed by atoms with Gasteiger partial charge in [-0.1, -0.05) is 17.7 Å². The Labute approximate surface area is 115 Å². The average Bonchev–Trinajstić information content (AvgIpc) is 2.90. The van der Waals surface area contributed by atoms with E-state index in [2.05, 4.69) is 5.10 Å². The molecule has 0 unspecified atom stereocenters. The predicted octanol–water partition coefficient (Wildman–Crippen LogP) is 3.02. The Morgan fingerprint density at radius 3 is 2.89 bits per heavy atom. The zero-order chi connectivity index (χ0) is 13.6. The third-order valence-electron chi connectivity index (χ3n) is 3.46. The molecule has 0 bridgehead atoms. The number of benzene rings is 1. The number of aryl methyl sites for hydroxylation is 1. The van der Waals surface area contributed by atoms with E-state index in [-0.39, 0.29) is 5.69 Å². The lowest BCUT2D eigenvalue weighted by Crippen LogP contribution is -2.05. The van der Waals surface area contributed by atoms with Crippen molar-refractivity contribution < 1.29 is 9.90 Å². The van der Waals surface area contributed by atoms with Gasteiger partial charge in [0.15, 0.2) is 5.69 Å². The Morgan fingerprint density at radius 1 is 1.42 bits per heavy atom. The molecule has 0 spiro atoms. The maximum atomic E-state index is 11.2. The minimum Gasteiger partial charge on any atom is -0.476 e. The van der Waals surface area contributed by atoms with E-state index in [4.69, 9.17) is 11.6 Å². The molecule has 1 aromatic heterocycles. The van der Waals surface area contributed by atoms with E-state index in [1.54, 1.807) is 4.68 Å². The second-order valence-electron chi connectivity index (χ2n) is 4.80. The van der Waals surface area contributed by atoms with Gasteiger partial charge in [-0.3, -0.25) is 0 Å². The van der Waals surface area contributed by atoms with E-state index in [9.17, 15) is 9.90 Å². The number of hydrogen-bond acceptors (Lipinski definition) is 2. The molecular formula is C14H13ClN2O2. The number of nitrogens with zero attached hydrogens (tertiary/aromatic N) is 2. The third-order valence-corrected chi connectivity index (χ3v) is 3.77. The van der Waals surface area contributed by atoms with Gasteiger partial charge >= 0.3 is 5.97 Å². The average molecular weight is 277 g/mol. The molecule has 1 heterocycles. The van der Waals surface area contributed by atoms with Gasteiger partial charge in [0.05, 0.1) is 10.7 Å². The van der Waals surface area contributed by atoms with Crippen LogP contribution in [-0.4, -0.2) is 20.9 Å². The van der Waals surface area contributed by atoms with Crippen LogP contribution in [0.1, 0.15) is 33.7 Å². The molecule has 0 saturated heterocycles. The highest BCUT2D eigenvalue weighted by Gasteiger charge is 2.27. The van der Waals surface area contributed by atoms with E-state index in [0.717, 1.165) is 41.8 Å². The molecule has 0 amide bonds. The fourth-order valence-electron chi connectivity index (χ4n) is 2.59. The molecular weight excluding hydrogens is 264 g/mol. The highest BCUT2D eigenvalue weighted by atomic mass is 35.5. The Morgan fingerprint density at radius 2 is 2.21 bits per heavy atom. The van der Waals surface area contributed by atoms with Gasteiger partial charge in [-0.15, -0.1) is 0 Å². The second kappa shape index (κ2) is 4.38. The smallest absolute Gasteiger partial charge is 0.356 e. The number of carbonyl (C=O) groups is 1. The summed E-state index contributed by atoms with van der Waals surface area (Å²) in [5.74, 6) is -0.972. The van der Waals surface area contributed by atoms with Crippen LogP contribution in [0.15, 0.2) is 18.2 Å². The summed E-state index contributed by atoms with van der Waals surface area (Å²) < 4.78 is 1.69. The first-order chi connectivity index (χ1) is 9.08. The second-order valence-corrected chi connectivity index (χ2v) is 5.21. The molecule has 0 fully saturated rings. The normalized spacial score (nSPS) is 13.6. The quantitative estimate of drug-likeness (QED) is 0.917. The molecule has 4 nitrogen and oxygen atoms in total. The number of carboxylic acid groups (broad SMARTS) is 1. The summed E-state index contributed by atoms with van der Waals surface area (Å²) in [6.07, 6.45) is 2.59. The number of halogens is 1. The maximum Gasteiger partial charge on any atom is 0.356 e. The fraction of sp³-hybridized carbons (Fsp3) is 0.286. The van der Waals surface area contributed by atoms with Crippen molar-refractivity contribution >= 4 is 17.6 Å². The van der Waals surface area contributed by atoms with Gasteiger partial charge in [-0.25, -0.2) is 9.48 Å². The lowest BCUT2D eigenvalue weighted by Gasteiger charge is -2.08. The number of hydrogen-bond donors (Lipinski definition) is 1. The van der Waals surface area contributed by atoms with Crippen molar-refractivity contribution in [1.29, 1.82) is 0 Å². The Kier molecular flexibility index (Phi) is 2.82. The topological polar surface area (TPSA) is 55.1 Å². The first-order valence-corrected chi connectivity index (χ1v) is 6.56. The van der Waals surface area contributed by atoms with Crippen molar-refractivity contribution in [2.75, 3.05) is 0 Å². The standard InChI is InChI=1S/C14H13ClN2O2/c1-8-5-6-12(10(15)7-8)17-11-4-2-3-9(11)13(16-17)14(18)19/h5-7H,2-4H2,1H3,(H,18,19). The first kappa shape index (κ1) is 12.2. The van der Waals surface area contributed by atoms with Crippen LogP contribution < -0.4 is 0 Å². The highest BCUT2D eigenvalue weighted by molar-refractivity contribution is 6.32. The predicted molar refractivity (Wildman–Crippen MR) is 72.3 cm³/mol. The van der Waals surface area contributed by atoms with Crippen molar-refractivity contribution in [2.45, 2.75) is 26.2 Å². The van der Waals surface area contributed by atoms with Gasteiger partial charge in [0.2, 0.25) is 0 Å². The van der Waals surface area contributed by atoms with Crippen LogP contribution >= 0.6 is 11.6 Å². The van der Waals surface area contributed by atoms with E-state index in [1.807, 2.05) is 25.1 Å². The molecule has 0 saturated carbocycles. The van der Waals surface area contributed by atoms with Gasteiger partial charge in [0.25, 0.3) is 0 Å². The van der Waals surface area contributed by atoms with Crippen molar-refractivity contribution in [1.82, 2.24) is 9.78 Å². The minimum absolute atomic E-state index is 0.157. The maximum absolute atomic E-state index is 11.2. The molecule has 19 heavy (non-hydrogen) atoms. The third kappa shape index (κ3) is 1.92. The molecule has 1 aromatic carbocycles. The summed E-state index contributed by atoms with van der Waals surface area (Å²) in [6.45, 7) is 1.96. The van der Waals surface area contributed by atoms with E-state index >= 15 is 0 Å². The van der Waals surface area contributed by atoms with Crippen LogP contribution in [0.2, 0.25) is 5.02 Å². The van der Waals surface area contributed by atoms with Gasteiger partial charge in [0, 0.05) is 11.3 Å². The summed E-state index contributed by atoms with van der Waals surface area (Å²) in [4.78, 5) is 11.2. The zero-order valence-corrected chi connectivity index (χ0v) is 11.2. The molecule has 1 aliphatic rings. The first-order valence-electron chi connectivity index (χ1n) is 6.18. The lowest BCUT2D eigenvalue weighted by molar-refractivity contribution is 0.0689. The number of fused-ring (bicyclic) bond motifs is 1. The summed E-state index contributed by atoms with van der Waals surface area (Å²) in [5.41, 5.74) is 3.80. The zero-order valence-electron chi connectivity index (χ0n) is 10.5. The fourth-order valence-corrected chi connectivity index (χ4v) is 2.91. The molecule has 0 atom stereocenters. The van der Waals surface area contributed by atoms with Crippen molar-refractivity contribution in [3.05, 3.63) is 45.7 Å². The Balaban J connectivity index is 2.21. The van der Waals surface area contributed by atoms with Crippen LogP contribution in [-0.2, 0) is 12.8 Å². The van der Waals surface area contributed by atoms with Gasteiger partial charge < -0.3 is 5.11 Å². The SMILES string of the molecule is Cc1ccc(-n2nc(C(=O)O)c3c2CCC3)c(Cl)c1. The van der Waals surface area contributed by atoms with Crippen molar-refractivity contribution in [3.8, 4) is 5.69 Å². The molecule has 98 valence electrons. The summed E-state index contributed by atoms with van der Waals surface area (Å²) in [7, 11) is 0. The highest BCUT2D eigenvalue weighted by Crippen LogP contribution is 2.30. The molecule has 2 aromatic rings. The minimum atomic E-state index is -0.972. The molecule has 0 radical (unpaired) electrons. The van der Waals surface area contributed by atoms with Crippen molar-refractivity contribution in [2.24, 2.45) is 0 Å². The molecule has 5 heteroatoms. The molecule has 0 aliphatic heterocycles. The number of aromatic nitrogens is 2. The van der Waals surface area contributed by atoms with Crippen molar-refractivity contribution in [3.63, 3.8) is 0 Å². The van der Waals surface area contributed by atoms with Gasteiger partial charge in [0.1, 0.15) is 0 Å². The largest absolute Gasteiger partial charge is 0.476 e. The Bertz CT molecular complexity index is 676. The summed E-state index contributed by atoms with van der Waals surface area (Å²) in [5, 5.41) is 14.0. The van der Waals surface area contributed by atoms with Crippen LogP contribution in [0.4, 0.5) is 0 Å². The van der Waals surface area contributed by atoms with Crippen LogP contribution in [0.25, 0.3) is 5.69 Å². The number of carboxylic acids is 1. The molecule has 3 rings (SSSR count). The van der Waals surface area contributed by atoms with Crippen LogP contribution in [0, 0.1) is 6.92 Å². The Hall–Kier alpha value is -1.81. The molecule has 1 N–H and O–H groups in total. The molecule has 1 aliphatic carbocycles. The van der Waals surface area contributed by atoms with E-state index in [0.29, 0.717) is 5.02 Å². The summed E-state index contributed by atoms with van der Waals surface area (Å²) in [6, 6.07) is 5.69. The van der Waals surface area contributed by atoms with Crippen LogP contribution in [0.5, 0.6) is 0 Å². The van der Waals surface area contributed by atoms with Gasteiger partial charge in [-0.05, 0) is 43.9 Å².